The van der Waals surface area contributed by atoms with Crippen molar-refractivity contribution in [2.75, 3.05) is 11.1 Å². The van der Waals surface area contributed by atoms with E-state index in [0.29, 0.717) is 17.0 Å². The van der Waals surface area contributed by atoms with E-state index >= 15 is 0 Å². The van der Waals surface area contributed by atoms with Crippen LogP contribution in [0.3, 0.4) is 0 Å². The lowest BCUT2D eigenvalue weighted by molar-refractivity contribution is -0.143. The quantitative estimate of drug-likeness (QED) is 0.549. The van der Waals surface area contributed by atoms with Crippen LogP contribution in [0.2, 0.25) is 0 Å². The van der Waals surface area contributed by atoms with Crippen LogP contribution in [0.5, 0.6) is 0 Å². The number of nitrogens with one attached hydrogen (secondary N) is 1. The number of hydrogen-bond acceptors (Lipinski definition) is 3. The van der Waals surface area contributed by atoms with Crippen LogP contribution in [-0.2, 0) is 17.1 Å². The summed E-state index contributed by atoms with van der Waals surface area (Å²) in [5.41, 5.74) is 1.16. The Labute approximate surface area is 159 Å². The molecule has 0 aliphatic rings. The molecule has 2 rings (SSSR count). The molecular formula is C17H12F6N2O2S. The highest BCUT2D eigenvalue weighted by molar-refractivity contribution is 8.00. The van der Waals surface area contributed by atoms with Crippen molar-refractivity contribution in [3.05, 3.63) is 59.2 Å². The highest BCUT2D eigenvalue weighted by Crippen LogP contribution is 2.36. The Balaban J connectivity index is 2.38. The molecule has 0 radical (unpaired) electrons. The van der Waals surface area contributed by atoms with Crippen molar-refractivity contribution in [3.63, 3.8) is 0 Å². The van der Waals surface area contributed by atoms with Gasteiger partial charge in [0, 0.05) is 10.5 Å². The SMILES string of the molecule is NC(=O)CSc1ccccc1NC(=O)c1cc(C(F)(F)F)cc(C(F)(F)F)c1. The lowest BCUT2D eigenvalue weighted by Crippen LogP contribution is -2.17. The molecule has 0 fully saturated rings. The molecule has 150 valence electrons. The van der Waals surface area contributed by atoms with Gasteiger partial charge in [-0.15, -0.1) is 11.8 Å². The Morgan fingerprint density at radius 2 is 1.46 bits per heavy atom. The van der Waals surface area contributed by atoms with Crippen molar-refractivity contribution in [1.29, 1.82) is 0 Å². The van der Waals surface area contributed by atoms with E-state index in [1.54, 1.807) is 6.07 Å². The van der Waals surface area contributed by atoms with E-state index in [1.807, 2.05) is 0 Å². The van der Waals surface area contributed by atoms with Crippen molar-refractivity contribution < 1.29 is 35.9 Å². The first-order valence-corrected chi connectivity index (χ1v) is 8.47. The molecule has 0 aliphatic heterocycles. The average molecular weight is 422 g/mol. The van der Waals surface area contributed by atoms with Crippen LogP contribution in [0.4, 0.5) is 32.0 Å². The van der Waals surface area contributed by atoms with Crippen LogP contribution in [0, 0.1) is 0 Å². The third-order valence-electron chi connectivity index (χ3n) is 3.36. The van der Waals surface area contributed by atoms with E-state index in [0.717, 1.165) is 11.8 Å². The summed E-state index contributed by atoms with van der Waals surface area (Å²) in [5, 5.41) is 2.26. The number of hydrogen-bond donors (Lipinski definition) is 2. The van der Waals surface area contributed by atoms with E-state index < -0.39 is 40.9 Å². The van der Waals surface area contributed by atoms with Gasteiger partial charge in [-0.25, -0.2) is 0 Å². The molecule has 2 aromatic carbocycles. The van der Waals surface area contributed by atoms with E-state index in [4.69, 9.17) is 5.73 Å². The molecule has 4 nitrogen and oxygen atoms in total. The van der Waals surface area contributed by atoms with E-state index in [1.165, 1.54) is 18.2 Å². The fraction of sp³-hybridized carbons (Fsp3) is 0.176. The molecule has 2 amide bonds. The van der Waals surface area contributed by atoms with E-state index in [2.05, 4.69) is 5.32 Å². The van der Waals surface area contributed by atoms with Crippen molar-refractivity contribution in [2.45, 2.75) is 17.2 Å². The van der Waals surface area contributed by atoms with Crippen LogP contribution >= 0.6 is 11.8 Å². The number of halogens is 6. The minimum absolute atomic E-state index is 0.0621. The van der Waals surface area contributed by atoms with Gasteiger partial charge in [-0.05, 0) is 30.3 Å². The molecule has 0 atom stereocenters. The van der Waals surface area contributed by atoms with Crippen molar-refractivity contribution >= 4 is 29.3 Å². The molecule has 0 aliphatic carbocycles. The van der Waals surface area contributed by atoms with Crippen LogP contribution in [0.25, 0.3) is 0 Å². The minimum Gasteiger partial charge on any atom is -0.369 e. The summed E-state index contributed by atoms with van der Waals surface area (Å²) in [5.74, 6) is -1.93. The average Bonchev–Trinajstić information content (AvgIpc) is 2.59. The van der Waals surface area contributed by atoms with Crippen LogP contribution in [0.15, 0.2) is 47.4 Å². The summed E-state index contributed by atoms with van der Waals surface area (Å²) in [4.78, 5) is 23.6. The largest absolute Gasteiger partial charge is 0.416 e. The molecule has 0 bridgehead atoms. The van der Waals surface area contributed by atoms with Gasteiger partial charge in [0.05, 0.1) is 22.6 Å². The third-order valence-corrected chi connectivity index (χ3v) is 4.45. The molecule has 0 saturated heterocycles. The summed E-state index contributed by atoms with van der Waals surface area (Å²) in [6.45, 7) is 0. The van der Waals surface area contributed by atoms with Crippen molar-refractivity contribution in [1.82, 2.24) is 0 Å². The maximum Gasteiger partial charge on any atom is 0.416 e. The Bertz CT molecular complexity index is 864. The topological polar surface area (TPSA) is 72.2 Å². The molecular weight excluding hydrogens is 410 g/mol. The lowest BCUT2D eigenvalue weighted by atomic mass is 10.0. The summed E-state index contributed by atoms with van der Waals surface area (Å²) in [6.07, 6.45) is -10.1. The predicted molar refractivity (Wildman–Crippen MR) is 90.8 cm³/mol. The van der Waals surface area contributed by atoms with Gasteiger partial charge < -0.3 is 11.1 Å². The van der Waals surface area contributed by atoms with Gasteiger partial charge in [0.1, 0.15) is 0 Å². The second-order valence-corrected chi connectivity index (χ2v) is 6.52. The molecule has 0 heterocycles. The highest BCUT2D eigenvalue weighted by Gasteiger charge is 2.37. The summed E-state index contributed by atoms with van der Waals surface area (Å²) in [6, 6.07) is 6.58. The predicted octanol–water partition coefficient (Wildman–Crippen LogP) is 4.55. The Kier molecular flexibility index (Phi) is 6.27. The fourth-order valence-electron chi connectivity index (χ4n) is 2.13. The van der Waals surface area contributed by atoms with Gasteiger partial charge >= 0.3 is 12.4 Å². The number of primary amides is 1. The Morgan fingerprint density at radius 3 is 1.96 bits per heavy atom. The Hall–Kier alpha value is -2.69. The third kappa shape index (κ3) is 5.65. The highest BCUT2D eigenvalue weighted by atomic mass is 32.2. The zero-order valence-corrected chi connectivity index (χ0v) is 14.6. The normalized spacial score (nSPS) is 11.9. The monoisotopic (exact) mass is 422 g/mol. The van der Waals surface area contributed by atoms with Crippen LogP contribution < -0.4 is 11.1 Å². The molecule has 0 unspecified atom stereocenters. The first kappa shape index (κ1) is 21.6. The van der Waals surface area contributed by atoms with Gasteiger partial charge in [-0.3, -0.25) is 9.59 Å². The van der Waals surface area contributed by atoms with Crippen LogP contribution in [0.1, 0.15) is 21.5 Å². The number of carbonyl (C=O) groups excluding carboxylic acids is 2. The maximum absolute atomic E-state index is 12.9. The van der Waals surface area contributed by atoms with Gasteiger partial charge in [0.25, 0.3) is 5.91 Å². The molecule has 11 heteroatoms. The van der Waals surface area contributed by atoms with Gasteiger partial charge in [-0.2, -0.15) is 26.3 Å². The standard InChI is InChI=1S/C17H12F6N2O2S/c18-16(19,20)10-5-9(6-11(7-10)17(21,22)23)15(27)25-12-3-1-2-4-13(12)28-8-14(24)26/h1-7H,8H2,(H2,24,26)(H,25,27). The number of nitrogens with two attached hydrogens (primary N) is 1. The smallest absolute Gasteiger partial charge is 0.369 e. The number of para-hydroxylation sites is 1. The van der Waals surface area contributed by atoms with Crippen LogP contribution in [-0.4, -0.2) is 17.6 Å². The number of thioether (sulfide) groups is 1. The lowest BCUT2D eigenvalue weighted by Gasteiger charge is -2.15. The second-order valence-electron chi connectivity index (χ2n) is 5.50. The molecule has 28 heavy (non-hydrogen) atoms. The molecule has 0 aromatic heterocycles. The van der Waals surface area contributed by atoms with Gasteiger partial charge in [0.2, 0.25) is 5.91 Å². The fourth-order valence-corrected chi connectivity index (χ4v) is 2.87. The molecule has 3 N–H and O–H groups in total. The summed E-state index contributed by atoms with van der Waals surface area (Å²) >= 11 is 0.958. The summed E-state index contributed by atoms with van der Waals surface area (Å²) < 4.78 is 77.5. The number of carbonyl (C=O) groups is 2. The zero-order chi connectivity index (χ0) is 21.1. The van der Waals surface area contributed by atoms with Crippen molar-refractivity contribution in [3.8, 4) is 0 Å². The first-order valence-electron chi connectivity index (χ1n) is 7.49. The number of benzene rings is 2. The first-order chi connectivity index (χ1) is 12.9. The number of alkyl halides is 6. The Morgan fingerprint density at radius 1 is 0.929 bits per heavy atom. The van der Waals surface area contributed by atoms with Crippen molar-refractivity contribution in [2.24, 2.45) is 5.73 Å². The second kappa shape index (κ2) is 8.13. The van der Waals surface area contributed by atoms with Gasteiger partial charge in [-0.1, -0.05) is 12.1 Å². The van der Waals surface area contributed by atoms with E-state index in [9.17, 15) is 35.9 Å². The number of amides is 2. The maximum atomic E-state index is 12.9. The number of anilines is 1. The zero-order valence-electron chi connectivity index (χ0n) is 13.8. The van der Waals surface area contributed by atoms with Gasteiger partial charge in [0.15, 0.2) is 0 Å². The summed E-state index contributed by atoms with van der Waals surface area (Å²) in [7, 11) is 0. The molecule has 2 aromatic rings. The molecule has 0 saturated carbocycles. The van der Waals surface area contributed by atoms with E-state index in [-0.39, 0.29) is 17.5 Å². The molecule has 0 spiro atoms. The minimum atomic E-state index is -5.06. The number of rotatable bonds is 5.